The van der Waals surface area contributed by atoms with Crippen molar-refractivity contribution in [2.75, 3.05) is 6.54 Å². The molecule has 0 saturated heterocycles. The van der Waals surface area contributed by atoms with Crippen LogP contribution in [0.25, 0.3) is 22.6 Å². The molecule has 0 saturated carbocycles. The second kappa shape index (κ2) is 7.12. The maximum atomic E-state index is 3.61. The van der Waals surface area contributed by atoms with E-state index >= 15 is 0 Å². The minimum Gasteiger partial charge on any atom is -0.361 e. The van der Waals surface area contributed by atoms with Crippen LogP contribution in [-0.4, -0.2) is 17.6 Å². The maximum absolute atomic E-state index is 3.61. The summed E-state index contributed by atoms with van der Waals surface area (Å²) >= 11 is 0. The highest BCUT2D eigenvalue weighted by Gasteiger charge is 2.14. The lowest BCUT2D eigenvalue weighted by molar-refractivity contribution is 0.542. The van der Waals surface area contributed by atoms with E-state index in [9.17, 15) is 0 Å². The summed E-state index contributed by atoms with van der Waals surface area (Å²) in [5.74, 6) is 0. The third-order valence-electron chi connectivity index (χ3n) is 4.93. The maximum Gasteiger partial charge on any atom is 0.0462 e. The lowest BCUT2D eigenvalue weighted by atomic mass is 9.93. The minimum absolute atomic E-state index is 0.503. The van der Waals surface area contributed by atoms with Crippen molar-refractivity contribution in [1.29, 1.82) is 0 Å². The molecule has 0 fully saturated rings. The Bertz CT molecular complexity index is 916. The molecule has 2 N–H and O–H groups in total. The van der Waals surface area contributed by atoms with E-state index in [1.54, 1.807) is 0 Å². The first kappa shape index (κ1) is 15.9. The van der Waals surface area contributed by atoms with Crippen LogP contribution < -0.4 is 5.32 Å². The first-order valence-corrected chi connectivity index (χ1v) is 9.02. The fraction of sp³-hybridized carbons (Fsp3) is 0.217. The molecule has 3 aromatic rings. The van der Waals surface area contributed by atoms with Crippen molar-refractivity contribution in [3.63, 3.8) is 0 Å². The molecule has 0 bridgehead atoms. The molecule has 2 heteroatoms. The number of nitrogens with one attached hydrogen (secondary N) is 2. The molecule has 0 aliphatic carbocycles. The number of benzene rings is 2. The van der Waals surface area contributed by atoms with Crippen LogP contribution in [0.2, 0.25) is 0 Å². The van der Waals surface area contributed by atoms with Gasteiger partial charge in [0.1, 0.15) is 0 Å². The molecule has 1 atom stereocenters. The topological polar surface area (TPSA) is 27.8 Å². The van der Waals surface area contributed by atoms with E-state index in [2.05, 4.69) is 84.0 Å². The fourth-order valence-electron chi connectivity index (χ4n) is 3.67. The molecule has 1 aromatic heterocycles. The largest absolute Gasteiger partial charge is 0.361 e. The molecule has 1 unspecified atom stereocenters. The first-order valence-electron chi connectivity index (χ1n) is 9.02. The highest BCUT2D eigenvalue weighted by molar-refractivity contribution is 5.89. The Balaban J connectivity index is 1.45. The molecule has 1 aliphatic rings. The Kier molecular flexibility index (Phi) is 4.53. The number of fused-ring (bicyclic) bond motifs is 1. The van der Waals surface area contributed by atoms with Crippen LogP contribution in [0.4, 0.5) is 0 Å². The molecule has 4 rings (SSSR count). The standard InChI is InChI=1S/C23H24N2/c1-17-14-20(22-11-13-25-23(22)15-17)8-5-9-21-16-19(10-12-24-21)18-6-3-2-4-7-18/h2-8,10-11,13-15,21,24-25H,9,12,16H2,1H3/b8-5+. The summed E-state index contributed by atoms with van der Waals surface area (Å²) in [6.07, 6.45) is 11.0. The normalized spacial score (nSPS) is 18.0. The molecule has 0 amide bonds. The van der Waals surface area contributed by atoms with E-state index in [4.69, 9.17) is 0 Å². The average Bonchev–Trinajstić information content (AvgIpc) is 3.11. The summed E-state index contributed by atoms with van der Waals surface area (Å²) in [6, 6.07) is 17.8. The van der Waals surface area contributed by atoms with Gasteiger partial charge in [-0.2, -0.15) is 0 Å². The molecular weight excluding hydrogens is 304 g/mol. The number of hydrogen-bond acceptors (Lipinski definition) is 1. The number of aromatic amines is 1. The molecule has 0 radical (unpaired) electrons. The van der Waals surface area contributed by atoms with Gasteiger partial charge in [0.05, 0.1) is 0 Å². The molecule has 2 heterocycles. The van der Waals surface area contributed by atoms with Gasteiger partial charge >= 0.3 is 0 Å². The van der Waals surface area contributed by atoms with Crippen molar-refractivity contribution < 1.29 is 0 Å². The van der Waals surface area contributed by atoms with E-state index in [1.807, 2.05) is 6.20 Å². The minimum atomic E-state index is 0.503. The average molecular weight is 328 g/mol. The van der Waals surface area contributed by atoms with Gasteiger partial charge in [0, 0.05) is 29.7 Å². The van der Waals surface area contributed by atoms with Gasteiger partial charge in [0.2, 0.25) is 0 Å². The number of H-pyrrole nitrogens is 1. The van der Waals surface area contributed by atoms with Crippen molar-refractivity contribution in [1.82, 2.24) is 10.3 Å². The van der Waals surface area contributed by atoms with Crippen molar-refractivity contribution >= 4 is 22.6 Å². The van der Waals surface area contributed by atoms with Crippen LogP contribution in [-0.2, 0) is 0 Å². The quantitative estimate of drug-likeness (QED) is 0.666. The molecule has 2 nitrogen and oxygen atoms in total. The molecular formula is C23H24N2. The van der Waals surface area contributed by atoms with Gasteiger partial charge in [-0.05, 0) is 54.2 Å². The SMILES string of the molecule is Cc1cc(/C=C/CC2CC(c3ccccc3)=CCN2)c2cc[nH]c2c1. The van der Waals surface area contributed by atoms with Gasteiger partial charge in [-0.25, -0.2) is 0 Å². The highest BCUT2D eigenvalue weighted by Crippen LogP contribution is 2.25. The summed E-state index contributed by atoms with van der Waals surface area (Å²) < 4.78 is 0. The van der Waals surface area contributed by atoms with E-state index < -0.39 is 0 Å². The van der Waals surface area contributed by atoms with Crippen molar-refractivity contribution in [2.24, 2.45) is 0 Å². The predicted octanol–water partition coefficient (Wildman–Crippen LogP) is 5.33. The van der Waals surface area contributed by atoms with Crippen molar-refractivity contribution in [3.05, 3.63) is 83.6 Å². The second-order valence-electron chi connectivity index (χ2n) is 6.84. The first-order chi connectivity index (χ1) is 12.3. The molecule has 1 aliphatic heterocycles. The zero-order chi connectivity index (χ0) is 17.1. The lowest BCUT2D eigenvalue weighted by Gasteiger charge is -2.23. The van der Waals surface area contributed by atoms with Gasteiger partial charge in [-0.15, -0.1) is 0 Å². The fourth-order valence-corrected chi connectivity index (χ4v) is 3.67. The second-order valence-corrected chi connectivity index (χ2v) is 6.84. The van der Waals surface area contributed by atoms with E-state index in [0.717, 1.165) is 19.4 Å². The van der Waals surface area contributed by atoms with Gasteiger partial charge < -0.3 is 10.3 Å². The Labute approximate surface area is 149 Å². The lowest BCUT2D eigenvalue weighted by Crippen LogP contribution is -2.32. The van der Waals surface area contributed by atoms with Crippen LogP contribution in [0.3, 0.4) is 0 Å². The number of aryl methyl sites for hydroxylation is 1. The molecule has 25 heavy (non-hydrogen) atoms. The summed E-state index contributed by atoms with van der Waals surface area (Å²) in [4.78, 5) is 3.31. The van der Waals surface area contributed by atoms with Crippen LogP contribution in [0.1, 0.15) is 29.5 Å². The molecule has 0 spiro atoms. The van der Waals surface area contributed by atoms with Gasteiger partial charge in [-0.1, -0.05) is 54.6 Å². The van der Waals surface area contributed by atoms with E-state index in [0.29, 0.717) is 6.04 Å². The Morgan fingerprint density at radius 2 is 2.00 bits per heavy atom. The smallest absolute Gasteiger partial charge is 0.0462 e. The predicted molar refractivity (Wildman–Crippen MR) is 108 cm³/mol. The van der Waals surface area contributed by atoms with Crippen LogP contribution >= 0.6 is 0 Å². The Morgan fingerprint density at radius 3 is 2.88 bits per heavy atom. The zero-order valence-corrected chi connectivity index (χ0v) is 14.6. The zero-order valence-electron chi connectivity index (χ0n) is 14.6. The van der Waals surface area contributed by atoms with E-state index in [1.165, 1.54) is 33.2 Å². The number of hydrogen-bond donors (Lipinski definition) is 2. The highest BCUT2D eigenvalue weighted by atomic mass is 14.9. The summed E-state index contributed by atoms with van der Waals surface area (Å²) in [5.41, 5.74) is 6.61. The van der Waals surface area contributed by atoms with Crippen LogP contribution in [0.5, 0.6) is 0 Å². The van der Waals surface area contributed by atoms with Crippen LogP contribution in [0, 0.1) is 6.92 Å². The molecule has 2 aromatic carbocycles. The van der Waals surface area contributed by atoms with Gasteiger partial charge in [0.15, 0.2) is 0 Å². The Hall–Kier alpha value is -2.58. The summed E-state index contributed by atoms with van der Waals surface area (Å²) in [5, 5.41) is 4.91. The molecule has 126 valence electrons. The van der Waals surface area contributed by atoms with Crippen molar-refractivity contribution in [2.45, 2.75) is 25.8 Å². The summed E-state index contributed by atoms with van der Waals surface area (Å²) in [6.45, 7) is 3.10. The monoisotopic (exact) mass is 328 g/mol. The van der Waals surface area contributed by atoms with Gasteiger partial charge in [0.25, 0.3) is 0 Å². The van der Waals surface area contributed by atoms with Gasteiger partial charge in [-0.3, -0.25) is 0 Å². The summed E-state index contributed by atoms with van der Waals surface area (Å²) in [7, 11) is 0. The van der Waals surface area contributed by atoms with Crippen molar-refractivity contribution in [3.8, 4) is 0 Å². The van der Waals surface area contributed by atoms with E-state index in [-0.39, 0.29) is 0 Å². The third kappa shape index (κ3) is 3.59. The third-order valence-corrected chi connectivity index (χ3v) is 4.93. The van der Waals surface area contributed by atoms with Crippen LogP contribution in [0.15, 0.2) is 66.9 Å². The number of aromatic nitrogens is 1. The number of rotatable bonds is 4. The Morgan fingerprint density at radius 1 is 1.12 bits per heavy atom.